The van der Waals surface area contributed by atoms with E-state index in [2.05, 4.69) is 10.6 Å². The van der Waals surface area contributed by atoms with E-state index in [1.165, 1.54) is 6.26 Å². The molecule has 2 N–H and O–H groups in total. The highest BCUT2D eigenvalue weighted by atomic mass is 16.5. The highest BCUT2D eigenvalue weighted by Gasteiger charge is 2.13. The smallest absolute Gasteiger partial charge is 0.338 e. The Morgan fingerprint density at radius 1 is 1.12 bits per heavy atom. The van der Waals surface area contributed by atoms with Gasteiger partial charge in [0.2, 0.25) is 5.91 Å². The summed E-state index contributed by atoms with van der Waals surface area (Å²) in [7, 11) is 0. The number of furan rings is 1. The largest absolute Gasteiger partial charge is 0.469 e. The Labute approximate surface area is 151 Å². The van der Waals surface area contributed by atoms with E-state index in [1.54, 1.807) is 37.3 Å². The minimum absolute atomic E-state index is 0.176. The number of amides is 2. The Hall–Kier alpha value is -3.09. The lowest BCUT2D eigenvalue weighted by Crippen LogP contribution is -2.32. The van der Waals surface area contributed by atoms with Gasteiger partial charge in [-0.1, -0.05) is 13.3 Å². The lowest BCUT2D eigenvalue weighted by molar-refractivity contribution is -0.115. The van der Waals surface area contributed by atoms with Gasteiger partial charge in [-0.05, 0) is 43.7 Å². The Kier molecular flexibility index (Phi) is 6.96. The summed E-state index contributed by atoms with van der Waals surface area (Å²) in [6.45, 7) is 3.90. The first-order valence-corrected chi connectivity index (χ1v) is 8.40. The van der Waals surface area contributed by atoms with Gasteiger partial charge in [0.1, 0.15) is 5.76 Å². The average Bonchev–Trinajstić information content (AvgIpc) is 3.06. The minimum Gasteiger partial charge on any atom is -0.469 e. The van der Waals surface area contributed by atoms with Crippen LogP contribution in [0.5, 0.6) is 0 Å². The standard InChI is InChI=1S/C19H22N2O5/c1-3-4-10-26-19(24)14-5-7-15(8-6-14)21-17(22)12-20-18(23)16-9-11-25-13(16)2/h5-9,11H,3-4,10,12H2,1-2H3,(H,20,23)(H,21,22). The maximum Gasteiger partial charge on any atom is 0.338 e. The second kappa shape index (κ2) is 9.41. The molecule has 2 amide bonds. The maximum atomic E-state index is 11.9. The number of aryl methyl sites for hydroxylation is 1. The predicted octanol–water partition coefficient (Wildman–Crippen LogP) is 2.91. The van der Waals surface area contributed by atoms with Crippen molar-refractivity contribution in [3.63, 3.8) is 0 Å². The molecule has 0 fully saturated rings. The highest BCUT2D eigenvalue weighted by molar-refractivity contribution is 6.00. The van der Waals surface area contributed by atoms with Crippen LogP contribution in [0.4, 0.5) is 5.69 Å². The summed E-state index contributed by atoms with van der Waals surface area (Å²) in [6, 6.07) is 7.92. The molecule has 138 valence electrons. The van der Waals surface area contributed by atoms with Crippen LogP contribution < -0.4 is 10.6 Å². The molecule has 0 atom stereocenters. The normalized spacial score (nSPS) is 10.2. The molecule has 0 spiro atoms. The van der Waals surface area contributed by atoms with Gasteiger partial charge in [0, 0.05) is 5.69 Å². The van der Waals surface area contributed by atoms with E-state index in [4.69, 9.17) is 9.15 Å². The first-order chi connectivity index (χ1) is 12.5. The molecule has 0 aliphatic carbocycles. The van der Waals surface area contributed by atoms with Gasteiger partial charge in [-0.3, -0.25) is 9.59 Å². The second-order valence-corrected chi connectivity index (χ2v) is 5.69. The lowest BCUT2D eigenvalue weighted by Gasteiger charge is -2.08. The van der Waals surface area contributed by atoms with Gasteiger partial charge < -0.3 is 19.8 Å². The SMILES string of the molecule is CCCCOC(=O)c1ccc(NC(=O)CNC(=O)c2ccoc2C)cc1. The van der Waals surface area contributed by atoms with Crippen LogP contribution in [0, 0.1) is 6.92 Å². The van der Waals surface area contributed by atoms with E-state index in [9.17, 15) is 14.4 Å². The zero-order chi connectivity index (χ0) is 18.9. The number of nitrogens with one attached hydrogen (secondary N) is 2. The number of carbonyl (C=O) groups excluding carboxylic acids is 3. The van der Waals surface area contributed by atoms with E-state index in [0.717, 1.165) is 12.8 Å². The van der Waals surface area contributed by atoms with Gasteiger partial charge in [0.15, 0.2) is 0 Å². The van der Waals surface area contributed by atoms with Crippen LogP contribution in [0.15, 0.2) is 41.0 Å². The summed E-state index contributed by atoms with van der Waals surface area (Å²) in [5.74, 6) is -0.655. The van der Waals surface area contributed by atoms with Crippen molar-refractivity contribution in [2.75, 3.05) is 18.5 Å². The average molecular weight is 358 g/mol. The Morgan fingerprint density at radius 2 is 1.85 bits per heavy atom. The van der Waals surface area contributed by atoms with E-state index < -0.39 is 0 Å². The van der Waals surface area contributed by atoms with Crippen molar-refractivity contribution in [2.24, 2.45) is 0 Å². The van der Waals surface area contributed by atoms with Crippen LogP contribution in [-0.4, -0.2) is 30.9 Å². The molecule has 26 heavy (non-hydrogen) atoms. The third-order valence-corrected chi connectivity index (χ3v) is 3.65. The minimum atomic E-state index is -0.390. The number of benzene rings is 1. The first kappa shape index (κ1) is 19.2. The fourth-order valence-electron chi connectivity index (χ4n) is 2.16. The van der Waals surface area contributed by atoms with Crippen molar-refractivity contribution in [3.8, 4) is 0 Å². The molecule has 0 radical (unpaired) electrons. The van der Waals surface area contributed by atoms with Crippen LogP contribution in [0.1, 0.15) is 46.2 Å². The summed E-state index contributed by atoms with van der Waals surface area (Å²) in [5, 5.41) is 5.17. The van der Waals surface area contributed by atoms with E-state index in [-0.39, 0.29) is 24.3 Å². The molecule has 1 heterocycles. The molecule has 0 saturated heterocycles. The summed E-state index contributed by atoms with van der Waals surface area (Å²) in [6.07, 6.45) is 3.19. The molecule has 2 aromatic rings. The van der Waals surface area contributed by atoms with Gasteiger partial charge in [0.05, 0.1) is 30.5 Å². The van der Waals surface area contributed by atoms with Gasteiger partial charge in [0.25, 0.3) is 5.91 Å². The zero-order valence-electron chi connectivity index (χ0n) is 14.8. The monoisotopic (exact) mass is 358 g/mol. The molecule has 1 aromatic carbocycles. The zero-order valence-corrected chi connectivity index (χ0v) is 14.8. The fraction of sp³-hybridized carbons (Fsp3) is 0.316. The Morgan fingerprint density at radius 3 is 2.46 bits per heavy atom. The molecule has 1 aromatic heterocycles. The topological polar surface area (TPSA) is 97.6 Å². The van der Waals surface area contributed by atoms with Crippen molar-refractivity contribution in [3.05, 3.63) is 53.5 Å². The Bertz CT molecular complexity index is 764. The maximum absolute atomic E-state index is 11.9. The van der Waals surface area contributed by atoms with Gasteiger partial charge in [-0.15, -0.1) is 0 Å². The fourth-order valence-corrected chi connectivity index (χ4v) is 2.16. The van der Waals surface area contributed by atoms with Crippen molar-refractivity contribution in [1.29, 1.82) is 0 Å². The second-order valence-electron chi connectivity index (χ2n) is 5.69. The van der Waals surface area contributed by atoms with Crippen LogP contribution in [0.25, 0.3) is 0 Å². The molecule has 0 saturated carbocycles. The summed E-state index contributed by atoms with van der Waals surface area (Å²) in [4.78, 5) is 35.6. The first-order valence-electron chi connectivity index (χ1n) is 8.40. The van der Waals surface area contributed by atoms with Gasteiger partial charge in [-0.2, -0.15) is 0 Å². The molecule has 0 bridgehead atoms. The highest BCUT2D eigenvalue weighted by Crippen LogP contribution is 2.11. The number of rotatable bonds is 8. The van der Waals surface area contributed by atoms with Crippen molar-refractivity contribution in [2.45, 2.75) is 26.7 Å². The summed E-state index contributed by atoms with van der Waals surface area (Å²) in [5.41, 5.74) is 1.33. The number of anilines is 1. The van der Waals surface area contributed by atoms with Crippen LogP contribution >= 0.6 is 0 Å². The van der Waals surface area contributed by atoms with Crippen LogP contribution in [0.3, 0.4) is 0 Å². The summed E-state index contributed by atoms with van der Waals surface area (Å²) >= 11 is 0. The van der Waals surface area contributed by atoms with Crippen molar-refractivity contribution < 1.29 is 23.5 Å². The predicted molar refractivity (Wildman–Crippen MR) is 96.0 cm³/mol. The van der Waals surface area contributed by atoms with E-state index in [0.29, 0.717) is 29.2 Å². The molecule has 2 rings (SSSR count). The van der Waals surface area contributed by atoms with E-state index in [1.807, 2.05) is 6.92 Å². The van der Waals surface area contributed by atoms with Gasteiger partial charge in [-0.25, -0.2) is 4.79 Å². The van der Waals surface area contributed by atoms with Gasteiger partial charge >= 0.3 is 5.97 Å². The third kappa shape index (κ3) is 5.47. The molecular formula is C19H22N2O5. The number of hydrogen-bond acceptors (Lipinski definition) is 5. The number of carbonyl (C=O) groups is 3. The molecule has 7 nitrogen and oxygen atoms in total. The van der Waals surface area contributed by atoms with Crippen molar-refractivity contribution >= 4 is 23.5 Å². The molecule has 0 aliphatic heterocycles. The number of unbranched alkanes of at least 4 members (excludes halogenated alkanes) is 1. The Balaban J connectivity index is 1.81. The molecule has 7 heteroatoms. The van der Waals surface area contributed by atoms with Crippen LogP contribution in [-0.2, 0) is 9.53 Å². The van der Waals surface area contributed by atoms with Crippen LogP contribution in [0.2, 0.25) is 0 Å². The quantitative estimate of drug-likeness (QED) is 0.558. The number of ether oxygens (including phenoxy) is 1. The lowest BCUT2D eigenvalue weighted by atomic mass is 10.2. The van der Waals surface area contributed by atoms with Crippen molar-refractivity contribution in [1.82, 2.24) is 5.32 Å². The number of esters is 1. The summed E-state index contributed by atoms with van der Waals surface area (Å²) < 4.78 is 10.2. The number of hydrogen-bond donors (Lipinski definition) is 2. The molecule has 0 aliphatic rings. The molecule has 0 unspecified atom stereocenters. The van der Waals surface area contributed by atoms with E-state index >= 15 is 0 Å². The molecular weight excluding hydrogens is 336 g/mol. The third-order valence-electron chi connectivity index (χ3n) is 3.65.